The number of benzene rings is 1. The monoisotopic (exact) mass is 383 g/mol. The number of ether oxygens (including phenoxy) is 1. The predicted molar refractivity (Wildman–Crippen MR) is 105 cm³/mol. The van der Waals surface area contributed by atoms with Crippen molar-refractivity contribution in [2.45, 2.75) is 19.5 Å². The number of hydrogen-bond acceptors (Lipinski definition) is 7. The van der Waals surface area contributed by atoms with Crippen LogP contribution in [0.2, 0.25) is 0 Å². The number of amides is 1. The Morgan fingerprint density at radius 3 is 2.36 bits per heavy atom. The normalized spacial score (nSPS) is 15.7. The maximum atomic E-state index is 12.5. The van der Waals surface area contributed by atoms with Gasteiger partial charge in [0.25, 0.3) is 0 Å². The summed E-state index contributed by atoms with van der Waals surface area (Å²) in [5.74, 6) is 0.348. The van der Waals surface area contributed by atoms with Crippen LogP contribution in [0, 0.1) is 0 Å². The van der Waals surface area contributed by atoms with E-state index in [0.717, 1.165) is 37.7 Å². The maximum absolute atomic E-state index is 12.5. The van der Waals surface area contributed by atoms with Crippen LogP contribution in [0.5, 0.6) is 0 Å². The number of piperazine rings is 1. The highest BCUT2D eigenvalue weighted by atomic mass is 16.5. The van der Waals surface area contributed by atoms with Crippen LogP contribution in [-0.4, -0.2) is 66.1 Å². The lowest BCUT2D eigenvalue weighted by Gasteiger charge is -2.37. The minimum absolute atomic E-state index is 0.0125. The van der Waals surface area contributed by atoms with Crippen molar-refractivity contribution in [3.63, 3.8) is 0 Å². The number of nitrogens with zero attached hydrogens (tertiary/aromatic N) is 4. The number of anilines is 1. The van der Waals surface area contributed by atoms with Gasteiger partial charge in [-0.3, -0.25) is 9.69 Å². The molecule has 1 aliphatic heterocycles. The fourth-order valence-electron chi connectivity index (χ4n) is 3.14. The Bertz CT molecular complexity index is 789. The standard InChI is InChI=1S/C20H25N5O3/c1-15(24-10-12-25(13-11-24)20-21-8-3-9-22-20)18(26)23-14-16-4-6-17(7-5-16)19(27)28-2/h3-9,15H,10-14H2,1-2H3,(H,23,26). The van der Waals surface area contributed by atoms with E-state index in [-0.39, 0.29) is 17.9 Å². The molecule has 8 heteroatoms. The van der Waals surface area contributed by atoms with Crippen molar-refractivity contribution >= 4 is 17.8 Å². The van der Waals surface area contributed by atoms with E-state index in [4.69, 9.17) is 0 Å². The molecule has 3 rings (SSSR count). The van der Waals surface area contributed by atoms with Gasteiger partial charge in [0.05, 0.1) is 18.7 Å². The molecule has 1 aromatic carbocycles. The van der Waals surface area contributed by atoms with Gasteiger partial charge in [0, 0.05) is 45.1 Å². The Balaban J connectivity index is 1.46. The first-order chi connectivity index (χ1) is 13.6. The topological polar surface area (TPSA) is 87.7 Å². The quantitative estimate of drug-likeness (QED) is 0.747. The molecular formula is C20H25N5O3. The second-order valence-corrected chi connectivity index (χ2v) is 6.65. The van der Waals surface area contributed by atoms with Crippen molar-refractivity contribution < 1.29 is 14.3 Å². The van der Waals surface area contributed by atoms with Crippen molar-refractivity contribution in [1.82, 2.24) is 20.2 Å². The van der Waals surface area contributed by atoms with Gasteiger partial charge >= 0.3 is 5.97 Å². The molecule has 0 spiro atoms. The second-order valence-electron chi connectivity index (χ2n) is 6.65. The minimum Gasteiger partial charge on any atom is -0.465 e. The number of hydrogen-bond donors (Lipinski definition) is 1. The van der Waals surface area contributed by atoms with Gasteiger partial charge in [0.15, 0.2) is 0 Å². The van der Waals surface area contributed by atoms with E-state index in [1.807, 2.05) is 19.1 Å². The van der Waals surface area contributed by atoms with E-state index in [2.05, 4.69) is 29.8 Å². The molecule has 0 aliphatic carbocycles. The Hall–Kier alpha value is -3.00. The number of nitrogens with one attached hydrogen (secondary N) is 1. The summed E-state index contributed by atoms with van der Waals surface area (Å²) in [6.45, 7) is 5.47. The summed E-state index contributed by atoms with van der Waals surface area (Å²) in [7, 11) is 1.35. The molecule has 28 heavy (non-hydrogen) atoms. The first-order valence-corrected chi connectivity index (χ1v) is 9.29. The fraction of sp³-hybridized carbons (Fsp3) is 0.400. The smallest absolute Gasteiger partial charge is 0.337 e. The summed E-state index contributed by atoms with van der Waals surface area (Å²) in [6.07, 6.45) is 3.48. The third kappa shape index (κ3) is 4.83. The molecule has 1 saturated heterocycles. The molecule has 2 heterocycles. The molecule has 1 unspecified atom stereocenters. The molecule has 0 radical (unpaired) electrons. The van der Waals surface area contributed by atoms with Gasteiger partial charge in [-0.25, -0.2) is 14.8 Å². The van der Waals surface area contributed by atoms with Crippen molar-refractivity contribution in [3.05, 3.63) is 53.9 Å². The summed E-state index contributed by atoms with van der Waals surface area (Å²) in [6, 6.07) is 8.61. The first-order valence-electron chi connectivity index (χ1n) is 9.29. The number of carbonyl (C=O) groups is 2. The Kier molecular flexibility index (Phi) is 6.54. The molecule has 0 bridgehead atoms. The van der Waals surface area contributed by atoms with Crippen LogP contribution in [0.1, 0.15) is 22.8 Å². The van der Waals surface area contributed by atoms with Crippen molar-refractivity contribution in [3.8, 4) is 0 Å². The zero-order chi connectivity index (χ0) is 19.9. The Morgan fingerprint density at radius 2 is 1.75 bits per heavy atom. The van der Waals surface area contributed by atoms with Crippen LogP contribution in [0.15, 0.2) is 42.7 Å². The Labute approximate surface area is 164 Å². The highest BCUT2D eigenvalue weighted by Crippen LogP contribution is 2.12. The van der Waals surface area contributed by atoms with Crippen molar-refractivity contribution in [1.29, 1.82) is 0 Å². The second kappa shape index (κ2) is 9.27. The molecule has 1 fully saturated rings. The molecule has 1 N–H and O–H groups in total. The van der Waals surface area contributed by atoms with E-state index in [0.29, 0.717) is 12.1 Å². The van der Waals surface area contributed by atoms with Crippen LogP contribution in [-0.2, 0) is 16.1 Å². The zero-order valence-corrected chi connectivity index (χ0v) is 16.2. The van der Waals surface area contributed by atoms with Gasteiger partial charge in [-0.15, -0.1) is 0 Å². The van der Waals surface area contributed by atoms with E-state index in [1.54, 1.807) is 30.6 Å². The lowest BCUT2D eigenvalue weighted by Crippen LogP contribution is -2.54. The van der Waals surface area contributed by atoms with Gasteiger partial charge in [-0.05, 0) is 30.7 Å². The SMILES string of the molecule is COC(=O)c1ccc(CNC(=O)C(C)N2CCN(c3ncccn3)CC2)cc1. The molecule has 1 amide bonds. The minimum atomic E-state index is -0.371. The maximum Gasteiger partial charge on any atom is 0.337 e. The largest absolute Gasteiger partial charge is 0.465 e. The number of methoxy groups -OCH3 is 1. The van der Waals surface area contributed by atoms with Crippen LogP contribution in [0.4, 0.5) is 5.95 Å². The highest BCUT2D eigenvalue weighted by molar-refractivity contribution is 5.89. The van der Waals surface area contributed by atoms with Crippen molar-refractivity contribution in [2.24, 2.45) is 0 Å². The van der Waals surface area contributed by atoms with Gasteiger partial charge in [0.2, 0.25) is 11.9 Å². The average Bonchev–Trinajstić information content (AvgIpc) is 2.77. The summed E-state index contributed by atoms with van der Waals surface area (Å²) >= 11 is 0. The van der Waals surface area contributed by atoms with Crippen LogP contribution >= 0.6 is 0 Å². The van der Waals surface area contributed by atoms with Gasteiger partial charge < -0.3 is 15.0 Å². The molecule has 1 atom stereocenters. The fourth-order valence-corrected chi connectivity index (χ4v) is 3.14. The molecule has 1 aliphatic rings. The summed E-state index contributed by atoms with van der Waals surface area (Å²) in [5.41, 5.74) is 1.42. The highest BCUT2D eigenvalue weighted by Gasteiger charge is 2.26. The number of rotatable bonds is 6. The third-order valence-corrected chi connectivity index (χ3v) is 4.92. The average molecular weight is 383 g/mol. The Morgan fingerprint density at radius 1 is 1.11 bits per heavy atom. The van der Waals surface area contributed by atoms with Gasteiger partial charge in [-0.1, -0.05) is 12.1 Å². The molecule has 148 valence electrons. The first kappa shape index (κ1) is 19.8. The van der Waals surface area contributed by atoms with Crippen molar-refractivity contribution in [2.75, 3.05) is 38.2 Å². The lowest BCUT2D eigenvalue weighted by atomic mass is 10.1. The molecule has 1 aromatic heterocycles. The molecule has 2 aromatic rings. The lowest BCUT2D eigenvalue weighted by molar-refractivity contribution is -0.126. The number of aromatic nitrogens is 2. The van der Waals surface area contributed by atoms with E-state index in [1.165, 1.54) is 7.11 Å². The zero-order valence-electron chi connectivity index (χ0n) is 16.2. The molecular weight excluding hydrogens is 358 g/mol. The van der Waals surface area contributed by atoms with E-state index >= 15 is 0 Å². The van der Waals surface area contributed by atoms with Crippen LogP contribution < -0.4 is 10.2 Å². The number of carbonyl (C=O) groups excluding carboxylic acids is 2. The predicted octanol–water partition coefficient (Wildman–Crippen LogP) is 1.09. The summed E-state index contributed by atoms with van der Waals surface area (Å²) in [4.78, 5) is 36.8. The van der Waals surface area contributed by atoms with E-state index in [9.17, 15) is 9.59 Å². The van der Waals surface area contributed by atoms with Crippen LogP contribution in [0.25, 0.3) is 0 Å². The van der Waals surface area contributed by atoms with Gasteiger partial charge in [0.1, 0.15) is 0 Å². The molecule has 8 nitrogen and oxygen atoms in total. The summed E-state index contributed by atoms with van der Waals surface area (Å²) in [5, 5.41) is 2.97. The van der Waals surface area contributed by atoms with Crippen LogP contribution in [0.3, 0.4) is 0 Å². The number of esters is 1. The van der Waals surface area contributed by atoms with E-state index < -0.39 is 0 Å². The summed E-state index contributed by atoms with van der Waals surface area (Å²) < 4.78 is 4.68. The van der Waals surface area contributed by atoms with Gasteiger partial charge in [-0.2, -0.15) is 0 Å². The third-order valence-electron chi connectivity index (χ3n) is 4.92. The molecule has 0 saturated carbocycles.